The first-order valence-corrected chi connectivity index (χ1v) is 39.5. The van der Waals surface area contributed by atoms with Crippen LogP contribution < -0.4 is 14.7 Å². The van der Waals surface area contributed by atoms with Crippen LogP contribution >= 0.6 is 0 Å². The van der Waals surface area contributed by atoms with E-state index in [-0.39, 0.29) is 11.4 Å². The van der Waals surface area contributed by atoms with Crippen LogP contribution in [-0.2, 0) is 16.2 Å². The molecule has 6 atom stereocenters. The summed E-state index contributed by atoms with van der Waals surface area (Å²) >= 11 is 0. The molecule has 582 valence electrons. The lowest BCUT2D eigenvalue weighted by Gasteiger charge is -2.50. The standard InChI is InChI=1S/C98H70F15N3/c1-93-38-13-16-41-96(93,4)114(90-84(108)78(102)75(99)79(103)85(90)109)63-35-26-49(44-60(63)93)52-29-32-57-68-55(52)24-19-25-56(68)71-66(47-20-9-7-10-21-47)73-58-33-30-53(50-27-36-64-61(45-50)94(2)39-14-17-42-97(94,5)115(64)91-86(110)80(104)76(100)81(105)87(91)111)69-54(31-34-59(70(58)69)74(73)67(72(57)71)48-22-11-8-12-23-48)51-28-37-65-62(46-51)95(3)40-15-18-43-98(95,6)116(65)92-88(112)82(106)77(101)83(107)89(92)113/h7-12,19-37,44-46H,13-18,38-43H2,1-6H3. The minimum atomic E-state index is -2.27. The highest BCUT2D eigenvalue weighted by Crippen LogP contribution is 2.68. The lowest BCUT2D eigenvalue weighted by molar-refractivity contribution is 0.192. The van der Waals surface area contributed by atoms with E-state index in [4.69, 9.17) is 0 Å². The second-order valence-corrected chi connectivity index (χ2v) is 34.3. The monoisotopic (exact) mass is 1570 g/mol. The Kier molecular flexibility index (Phi) is 15.2. The van der Waals surface area contributed by atoms with Gasteiger partial charge in [-0.15, -0.1) is 0 Å². The van der Waals surface area contributed by atoms with Gasteiger partial charge in [0.2, 0.25) is 17.5 Å². The van der Waals surface area contributed by atoms with E-state index in [9.17, 15) is 13.2 Å². The second kappa shape index (κ2) is 24.4. The van der Waals surface area contributed by atoms with Gasteiger partial charge in [-0.05, 0) is 233 Å². The van der Waals surface area contributed by atoms with E-state index in [1.54, 1.807) is 18.2 Å². The molecule has 6 aliphatic rings. The molecular weight excluding hydrogens is 1500 g/mol. The van der Waals surface area contributed by atoms with E-state index in [1.165, 1.54) is 14.7 Å². The summed E-state index contributed by atoms with van der Waals surface area (Å²) in [7, 11) is 0. The molecule has 18 heteroatoms. The van der Waals surface area contributed by atoms with Crippen LogP contribution in [0.1, 0.15) is 135 Å². The lowest BCUT2D eigenvalue weighted by atomic mass is 9.61. The second-order valence-electron chi connectivity index (χ2n) is 34.3. The molecule has 3 saturated carbocycles. The maximum Gasteiger partial charge on any atom is 0.200 e. The van der Waals surface area contributed by atoms with Crippen molar-refractivity contribution in [2.45, 2.75) is 151 Å². The summed E-state index contributed by atoms with van der Waals surface area (Å²) in [6.07, 6.45) is 6.62. The van der Waals surface area contributed by atoms with E-state index in [0.29, 0.717) is 115 Å². The van der Waals surface area contributed by atoms with Crippen molar-refractivity contribution in [3.8, 4) is 55.6 Å². The molecular formula is C98H70F15N3. The Balaban J connectivity index is 0.850. The molecule has 3 heterocycles. The first-order valence-electron chi connectivity index (χ1n) is 39.5. The summed E-state index contributed by atoms with van der Waals surface area (Å²) in [4.78, 5) is 3.99. The van der Waals surface area contributed by atoms with Crippen molar-refractivity contribution in [1.82, 2.24) is 0 Å². The third kappa shape index (κ3) is 8.84. The van der Waals surface area contributed by atoms with Gasteiger partial charge in [0.15, 0.2) is 69.8 Å². The molecule has 0 aromatic heterocycles. The molecule has 0 amide bonds. The predicted octanol–water partition coefficient (Wildman–Crippen LogP) is 29.1. The number of anilines is 6. The summed E-state index contributed by atoms with van der Waals surface area (Å²) in [5, 5.41) is 10.6. The maximum atomic E-state index is 16.6. The summed E-state index contributed by atoms with van der Waals surface area (Å²) in [6, 6.07) is 55.7. The molecule has 15 aromatic carbocycles. The fourth-order valence-corrected chi connectivity index (χ4v) is 23.2. The van der Waals surface area contributed by atoms with Crippen LogP contribution in [0.5, 0.6) is 0 Å². The molecule has 0 bridgehead atoms. The summed E-state index contributed by atoms with van der Waals surface area (Å²) in [5.41, 5.74) is 1.45. The first kappa shape index (κ1) is 72.4. The Morgan fingerprint density at radius 1 is 0.224 bits per heavy atom. The Morgan fingerprint density at radius 2 is 0.500 bits per heavy atom. The maximum absolute atomic E-state index is 16.6. The van der Waals surface area contributed by atoms with Crippen molar-refractivity contribution in [1.29, 1.82) is 0 Å². The fourth-order valence-electron chi connectivity index (χ4n) is 23.2. The van der Waals surface area contributed by atoms with Gasteiger partial charge in [0.25, 0.3) is 0 Å². The number of hydrogen-bond donors (Lipinski definition) is 0. The molecule has 21 rings (SSSR count). The van der Waals surface area contributed by atoms with Crippen LogP contribution in [0.4, 0.5) is 100.0 Å². The zero-order valence-corrected chi connectivity index (χ0v) is 63.7. The topological polar surface area (TPSA) is 9.72 Å². The van der Waals surface area contributed by atoms with Crippen LogP contribution in [-0.4, -0.2) is 16.6 Å². The van der Waals surface area contributed by atoms with Crippen LogP contribution in [0.2, 0.25) is 0 Å². The normalized spacial score (nSPS) is 23.0. The number of benzene rings is 13. The number of hydrogen-bond acceptors (Lipinski definition) is 3. The number of rotatable bonds is 8. The van der Waals surface area contributed by atoms with Crippen LogP contribution in [0.15, 0.2) is 170 Å². The van der Waals surface area contributed by atoms with Gasteiger partial charge in [0, 0.05) is 33.3 Å². The van der Waals surface area contributed by atoms with Crippen LogP contribution in [0, 0.1) is 87.3 Å². The van der Waals surface area contributed by atoms with E-state index in [1.807, 2.05) is 120 Å². The lowest BCUT2D eigenvalue weighted by Crippen LogP contribution is -2.55. The van der Waals surface area contributed by atoms with E-state index in [2.05, 4.69) is 72.8 Å². The van der Waals surface area contributed by atoms with Crippen LogP contribution in [0.25, 0.3) is 120 Å². The molecule has 0 N–H and O–H groups in total. The molecule has 6 unspecified atom stereocenters. The van der Waals surface area contributed by atoms with Gasteiger partial charge in [-0.3, -0.25) is 0 Å². The highest BCUT2D eigenvalue weighted by Gasteiger charge is 2.63. The average Bonchev–Trinajstić information content (AvgIpc) is 1.49. The molecule has 116 heavy (non-hydrogen) atoms. The molecule has 0 saturated heterocycles. The van der Waals surface area contributed by atoms with Crippen LogP contribution in [0.3, 0.4) is 0 Å². The molecule has 0 radical (unpaired) electrons. The van der Waals surface area contributed by atoms with Gasteiger partial charge in [0.1, 0.15) is 17.1 Å². The zero-order chi connectivity index (χ0) is 80.6. The van der Waals surface area contributed by atoms with Crippen molar-refractivity contribution >= 4 is 98.8 Å². The molecule has 3 fully saturated rings. The minimum Gasteiger partial charge on any atom is -0.329 e. The van der Waals surface area contributed by atoms with Crippen molar-refractivity contribution in [3.63, 3.8) is 0 Å². The molecule has 3 aliphatic heterocycles. The summed E-state index contributed by atoms with van der Waals surface area (Å²) in [6.45, 7) is 11.5. The Bertz CT molecular complexity index is 6510. The Morgan fingerprint density at radius 3 is 0.836 bits per heavy atom. The predicted molar refractivity (Wildman–Crippen MR) is 429 cm³/mol. The van der Waals surface area contributed by atoms with Gasteiger partial charge >= 0.3 is 0 Å². The Labute approximate surface area is 656 Å². The third-order valence-electron chi connectivity index (χ3n) is 29.4. The van der Waals surface area contributed by atoms with Gasteiger partial charge in [0.05, 0.1) is 16.6 Å². The van der Waals surface area contributed by atoms with Crippen molar-refractivity contribution in [2.24, 2.45) is 0 Å². The summed E-state index contributed by atoms with van der Waals surface area (Å²) in [5.74, 6) is -30.7. The zero-order valence-electron chi connectivity index (χ0n) is 63.7. The third-order valence-corrected chi connectivity index (χ3v) is 29.4. The highest BCUT2D eigenvalue weighted by atomic mass is 19.2. The Hall–Kier alpha value is -11.3. The number of fused-ring (bicyclic) bond motifs is 15. The molecule has 3 aliphatic carbocycles. The largest absolute Gasteiger partial charge is 0.329 e. The van der Waals surface area contributed by atoms with Gasteiger partial charge in [-0.2, -0.15) is 0 Å². The quantitative estimate of drug-likeness (QED) is 0.0853. The minimum absolute atomic E-state index is 0.275. The smallest absolute Gasteiger partial charge is 0.200 e. The van der Waals surface area contributed by atoms with Crippen molar-refractivity contribution in [3.05, 3.63) is 274 Å². The molecule has 3 nitrogen and oxygen atoms in total. The average molecular weight is 1570 g/mol. The number of halogens is 15. The van der Waals surface area contributed by atoms with E-state index in [0.717, 1.165) is 104 Å². The highest BCUT2D eigenvalue weighted by molar-refractivity contribution is 6.48. The van der Waals surface area contributed by atoms with Gasteiger partial charge in [-0.25, -0.2) is 65.9 Å². The first-order chi connectivity index (χ1) is 55.6. The van der Waals surface area contributed by atoms with Gasteiger partial charge in [-0.1, -0.05) is 193 Å². The van der Waals surface area contributed by atoms with Gasteiger partial charge < -0.3 is 14.7 Å². The van der Waals surface area contributed by atoms with Crippen molar-refractivity contribution in [2.75, 3.05) is 14.7 Å². The van der Waals surface area contributed by atoms with E-state index >= 15 is 52.7 Å². The van der Waals surface area contributed by atoms with Crippen molar-refractivity contribution < 1.29 is 65.9 Å². The SMILES string of the molecule is CC12CCCCC1(C)N(c1c(F)c(F)c(F)c(F)c1F)c1ccc(-c3ccc4c5c(-c6ccccc6)c6c7ccc(-c8ccc9c(c8)C8(C)CCCCC8(C)N9c8c(F)c(F)c(F)c(F)c8F)c8c(-c9ccc%10c(c9)C9(C)CCCCC9(C)N%10c9c(F)c(F)c(F)c(F)c9F)ccc(c6c(-c6ccccc6)c5c5cccc3c54)c87)cc12. The summed E-state index contributed by atoms with van der Waals surface area (Å²) < 4.78 is 237. The molecule has 15 aromatic rings. The molecule has 0 spiro atoms. The van der Waals surface area contributed by atoms with E-state index < -0.39 is 137 Å². The number of nitrogens with zero attached hydrogens (tertiary/aromatic N) is 3. The fraction of sp³-hybridized carbons (Fsp3) is 0.245.